The van der Waals surface area contributed by atoms with Gasteiger partial charge < -0.3 is 15.0 Å². The van der Waals surface area contributed by atoms with Crippen molar-refractivity contribution >= 4 is 5.91 Å². The number of carbonyl (C=O) groups excluding carboxylic acids is 1. The topological polar surface area (TPSA) is 67.0 Å². The Morgan fingerprint density at radius 1 is 1.75 bits per heavy atom. The van der Waals surface area contributed by atoms with Crippen LogP contribution in [0.5, 0.6) is 0 Å². The highest BCUT2D eigenvalue weighted by Gasteiger charge is 2.29. The van der Waals surface area contributed by atoms with Crippen molar-refractivity contribution in [1.82, 2.24) is 15.3 Å². The predicted octanol–water partition coefficient (Wildman–Crippen LogP) is 1.01. The van der Waals surface area contributed by atoms with Gasteiger partial charge in [-0.3, -0.25) is 4.79 Å². The van der Waals surface area contributed by atoms with E-state index in [1.807, 2.05) is 13.8 Å². The van der Waals surface area contributed by atoms with Crippen LogP contribution in [-0.2, 0) is 9.53 Å². The Kier molecular flexibility index (Phi) is 3.24. The predicted molar refractivity (Wildman–Crippen MR) is 58.7 cm³/mol. The second kappa shape index (κ2) is 4.65. The van der Waals surface area contributed by atoms with Gasteiger partial charge in [-0.15, -0.1) is 0 Å². The van der Waals surface area contributed by atoms with E-state index in [2.05, 4.69) is 15.3 Å². The molecule has 0 radical (unpaired) electrons. The first-order valence-corrected chi connectivity index (χ1v) is 5.58. The molecule has 1 aromatic heterocycles. The molecular formula is C11H17N3O2. The lowest BCUT2D eigenvalue weighted by molar-refractivity contribution is -0.125. The molecule has 1 aliphatic rings. The summed E-state index contributed by atoms with van der Waals surface area (Å²) in [5, 5.41) is 2.93. The number of imidazole rings is 1. The normalized spacial score (nSPS) is 26.6. The van der Waals surface area contributed by atoms with E-state index >= 15 is 0 Å². The molecule has 1 amide bonds. The monoisotopic (exact) mass is 223 g/mol. The molecule has 2 N–H and O–H groups in total. The molecule has 88 valence electrons. The van der Waals surface area contributed by atoms with Crippen molar-refractivity contribution in [3.63, 3.8) is 0 Å². The number of hydrogen-bond donors (Lipinski definition) is 2. The quantitative estimate of drug-likeness (QED) is 0.803. The van der Waals surface area contributed by atoms with Gasteiger partial charge in [0.1, 0.15) is 5.82 Å². The van der Waals surface area contributed by atoms with E-state index in [0.717, 1.165) is 12.2 Å². The van der Waals surface area contributed by atoms with E-state index in [1.165, 1.54) is 0 Å². The van der Waals surface area contributed by atoms with Crippen LogP contribution in [0, 0.1) is 5.92 Å². The highest BCUT2D eigenvalue weighted by atomic mass is 16.5. The molecule has 1 saturated heterocycles. The highest BCUT2D eigenvalue weighted by molar-refractivity contribution is 5.79. The minimum Gasteiger partial charge on any atom is -0.378 e. The molecule has 2 heterocycles. The van der Waals surface area contributed by atoms with Gasteiger partial charge in [-0.05, 0) is 20.3 Å². The fraction of sp³-hybridized carbons (Fsp3) is 0.636. The Morgan fingerprint density at radius 3 is 3.12 bits per heavy atom. The van der Waals surface area contributed by atoms with Crippen LogP contribution < -0.4 is 5.32 Å². The van der Waals surface area contributed by atoms with E-state index in [4.69, 9.17) is 4.74 Å². The zero-order chi connectivity index (χ0) is 11.5. The number of amides is 1. The van der Waals surface area contributed by atoms with Crippen LogP contribution in [0.2, 0.25) is 0 Å². The summed E-state index contributed by atoms with van der Waals surface area (Å²) in [7, 11) is 0. The van der Waals surface area contributed by atoms with E-state index < -0.39 is 0 Å². The lowest BCUT2D eigenvalue weighted by Crippen LogP contribution is -2.33. The summed E-state index contributed by atoms with van der Waals surface area (Å²) in [6.45, 7) is 4.43. The summed E-state index contributed by atoms with van der Waals surface area (Å²) in [5.41, 5.74) is 0. The van der Waals surface area contributed by atoms with Crippen molar-refractivity contribution in [2.24, 2.45) is 5.92 Å². The SMILES string of the molecule is CC1CC(C(=O)NC(C)c2ncc[nH]2)CO1. The maximum absolute atomic E-state index is 11.9. The average molecular weight is 223 g/mol. The van der Waals surface area contributed by atoms with Crippen LogP contribution >= 0.6 is 0 Å². The summed E-state index contributed by atoms with van der Waals surface area (Å²) in [4.78, 5) is 19.0. The van der Waals surface area contributed by atoms with Crippen molar-refractivity contribution in [1.29, 1.82) is 0 Å². The number of aromatic nitrogens is 2. The summed E-state index contributed by atoms with van der Waals surface area (Å²) >= 11 is 0. The number of H-pyrrole nitrogens is 1. The molecule has 5 nitrogen and oxygen atoms in total. The van der Waals surface area contributed by atoms with Gasteiger partial charge in [0.15, 0.2) is 0 Å². The Morgan fingerprint density at radius 2 is 2.56 bits per heavy atom. The number of aromatic amines is 1. The van der Waals surface area contributed by atoms with E-state index in [-0.39, 0.29) is 24.0 Å². The van der Waals surface area contributed by atoms with Crippen LogP contribution in [0.3, 0.4) is 0 Å². The second-order valence-electron chi connectivity index (χ2n) is 4.28. The maximum Gasteiger partial charge on any atom is 0.226 e. The van der Waals surface area contributed by atoms with E-state index in [0.29, 0.717) is 6.61 Å². The lowest BCUT2D eigenvalue weighted by atomic mass is 10.1. The molecule has 0 saturated carbocycles. The van der Waals surface area contributed by atoms with Crippen molar-refractivity contribution in [2.45, 2.75) is 32.4 Å². The number of ether oxygens (including phenoxy) is 1. The van der Waals surface area contributed by atoms with Crippen molar-refractivity contribution in [3.8, 4) is 0 Å². The summed E-state index contributed by atoms with van der Waals surface area (Å²) in [5.74, 6) is 0.806. The molecule has 5 heteroatoms. The third kappa shape index (κ3) is 2.41. The van der Waals surface area contributed by atoms with Crippen LogP contribution in [0.4, 0.5) is 0 Å². The smallest absolute Gasteiger partial charge is 0.226 e. The van der Waals surface area contributed by atoms with E-state index in [9.17, 15) is 4.79 Å². The van der Waals surface area contributed by atoms with Gasteiger partial charge in [-0.2, -0.15) is 0 Å². The van der Waals surface area contributed by atoms with Crippen molar-refractivity contribution < 1.29 is 9.53 Å². The third-order valence-corrected chi connectivity index (χ3v) is 2.86. The van der Waals surface area contributed by atoms with Crippen molar-refractivity contribution in [2.75, 3.05) is 6.61 Å². The van der Waals surface area contributed by atoms with Crippen LogP contribution in [0.15, 0.2) is 12.4 Å². The summed E-state index contributed by atoms with van der Waals surface area (Å²) < 4.78 is 5.37. The molecule has 1 fully saturated rings. The summed E-state index contributed by atoms with van der Waals surface area (Å²) in [6.07, 6.45) is 4.42. The molecular weight excluding hydrogens is 206 g/mol. The first kappa shape index (κ1) is 11.1. The van der Waals surface area contributed by atoms with Gasteiger partial charge in [-0.25, -0.2) is 4.98 Å². The van der Waals surface area contributed by atoms with Gasteiger partial charge in [0.05, 0.1) is 24.7 Å². The zero-order valence-corrected chi connectivity index (χ0v) is 9.56. The van der Waals surface area contributed by atoms with Crippen LogP contribution in [0.25, 0.3) is 0 Å². The Bertz CT molecular complexity index is 350. The van der Waals surface area contributed by atoms with Gasteiger partial charge in [0.25, 0.3) is 0 Å². The van der Waals surface area contributed by atoms with Crippen LogP contribution in [-0.4, -0.2) is 28.6 Å². The molecule has 16 heavy (non-hydrogen) atoms. The number of rotatable bonds is 3. The molecule has 2 rings (SSSR count). The Balaban J connectivity index is 1.88. The third-order valence-electron chi connectivity index (χ3n) is 2.86. The number of nitrogens with zero attached hydrogens (tertiary/aromatic N) is 1. The standard InChI is InChI=1S/C11H17N3O2/c1-7-5-9(6-16-7)11(15)14-8(2)10-12-3-4-13-10/h3-4,7-9H,5-6H2,1-2H3,(H,12,13)(H,14,15). The average Bonchev–Trinajstić information content (AvgIpc) is 2.87. The van der Waals surface area contributed by atoms with Gasteiger partial charge in [-0.1, -0.05) is 0 Å². The molecule has 3 unspecified atom stereocenters. The number of hydrogen-bond acceptors (Lipinski definition) is 3. The minimum atomic E-state index is -0.0848. The molecule has 0 bridgehead atoms. The first-order chi connectivity index (χ1) is 7.66. The lowest BCUT2D eigenvalue weighted by Gasteiger charge is -2.14. The first-order valence-electron chi connectivity index (χ1n) is 5.58. The molecule has 1 aliphatic heterocycles. The number of carbonyl (C=O) groups is 1. The van der Waals surface area contributed by atoms with Gasteiger partial charge in [0.2, 0.25) is 5.91 Å². The highest BCUT2D eigenvalue weighted by Crippen LogP contribution is 2.20. The van der Waals surface area contributed by atoms with Crippen LogP contribution in [0.1, 0.15) is 32.1 Å². The molecule has 0 aromatic carbocycles. The Hall–Kier alpha value is -1.36. The molecule has 3 atom stereocenters. The van der Waals surface area contributed by atoms with E-state index in [1.54, 1.807) is 12.4 Å². The second-order valence-corrected chi connectivity index (χ2v) is 4.28. The molecule has 0 aliphatic carbocycles. The maximum atomic E-state index is 11.9. The largest absolute Gasteiger partial charge is 0.378 e. The van der Waals surface area contributed by atoms with Gasteiger partial charge in [0, 0.05) is 12.4 Å². The van der Waals surface area contributed by atoms with Gasteiger partial charge >= 0.3 is 0 Å². The summed E-state index contributed by atoms with van der Waals surface area (Å²) in [6, 6.07) is -0.0848. The van der Waals surface area contributed by atoms with Crippen molar-refractivity contribution in [3.05, 3.63) is 18.2 Å². The zero-order valence-electron chi connectivity index (χ0n) is 9.56. The molecule has 1 aromatic rings. The fourth-order valence-electron chi connectivity index (χ4n) is 1.91. The number of nitrogens with one attached hydrogen (secondary N) is 2. The Labute approximate surface area is 94.6 Å². The fourth-order valence-corrected chi connectivity index (χ4v) is 1.91. The molecule has 0 spiro atoms. The minimum absolute atomic E-state index is 0.0209.